The maximum absolute atomic E-state index is 12.9. The van der Waals surface area contributed by atoms with Crippen LogP contribution in [0.3, 0.4) is 0 Å². The summed E-state index contributed by atoms with van der Waals surface area (Å²) in [6, 6.07) is 13.2. The third kappa shape index (κ3) is 5.51. The summed E-state index contributed by atoms with van der Waals surface area (Å²) in [5.74, 6) is -0.334. The lowest BCUT2D eigenvalue weighted by atomic mass is 10.2. The number of carbonyl (C=O) groups excluding carboxylic acids is 1. The number of para-hydroxylation sites is 2. The van der Waals surface area contributed by atoms with E-state index in [0.29, 0.717) is 10.8 Å². The number of hydrazine groups is 1. The Hall–Kier alpha value is -2.36. The first-order valence-corrected chi connectivity index (χ1v) is 11.8. The van der Waals surface area contributed by atoms with Crippen molar-refractivity contribution in [2.75, 3.05) is 17.3 Å². The minimum absolute atomic E-state index is 0.0171. The van der Waals surface area contributed by atoms with Gasteiger partial charge in [-0.15, -0.1) is 0 Å². The maximum Gasteiger partial charge on any atom is 0.269 e. The van der Waals surface area contributed by atoms with Gasteiger partial charge in [0.25, 0.3) is 15.9 Å². The highest BCUT2D eigenvalue weighted by Gasteiger charge is 2.22. The molecule has 0 aliphatic rings. The lowest BCUT2D eigenvalue weighted by molar-refractivity contribution is 0.0962. The van der Waals surface area contributed by atoms with E-state index in [-0.39, 0.29) is 36.9 Å². The zero-order valence-electron chi connectivity index (χ0n) is 16.2. The zero-order valence-corrected chi connectivity index (χ0v) is 20.1. The van der Waals surface area contributed by atoms with Gasteiger partial charge in [-0.2, -0.15) is 0 Å². The molecule has 0 bridgehead atoms. The molecule has 0 atom stereocenters. The Balaban J connectivity index is 1.84. The number of nitrogens with one attached hydrogen (secondary N) is 3. The van der Waals surface area contributed by atoms with Gasteiger partial charge < -0.3 is 4.74 Å². The number of ether oxygens (including phenoxy) is 1. The summed E-state index contributed by atoms with van der Waals surface area (Å²) in [6.07, 6.45) is 0. The van der Waals surface area contributed by atoms with Crippen LogP contribution in [0.5, 0.6) is 5.75 Å². The van der Waals surface area contributed by atoms with Gasteiger partial charge >= 0.3 is 0 Å². The second kappa shape index (κ2) is 10.1. The Labute approximate surface area is 204 Å². The summed E-state index contributed by atoms with van der Waals surface area (Å²) in [7, 11) is -2.72. The van der Waals surface area contributed by atoms with Gasteiger partial charge in [-0.1, -0.05) is 58.5 Å². The lowest BCUT2D eigenvalue weighted by Crippen LogP contribution is -2.30. The number of hydrogen-bond acceptors (Lipinski definition) is 5. The fourth-order valence-electron chi connectivity index (χ4n) is 2.63. The number of carbonyl (C=O) groups is 1. The van der Waals surface area contributed by atoms with Gasteiger partial charge in [0.1, 0.15) is 10.6 Å². The second-order valence-corrected chi connectivity index (χ2v) is 9.58. The largest absolute Gasteiger partial charge is 0.495 e. The molecule has 0 saturated heterocycles. The van der Waals surface area contributed by atoms with Gasteiger partial charge in [0.05, 0.1) is 33.6 Å². The van der Waals surface area contributed by atoms with Crippen LogP contribution in [0.1, 0.15) is 10.4 Å². The van der Waals surface area contributed by atoms with Crippen LogP contribution in [0.2, 0.25) is 20.1 Å². The molecule has 3 rings (SSSR count). The minimum Gasteiger partial charge on any atom is -0.495 e. The highest BCUT2D eigenvalue weighted by molar-refractivity contribution is 7.92. The molecular formula is C20H15Cl4N3O4S. The standard InChI is InChI=1S/C20H15Cl4N3O4S/c1-31-17-5-3-2-4-16(17)27-32(29,30)18-8-11(6-7-13(18)22)20(28)26-25-19-14(23)9-12(21)10-15(19)24/h2-10,25,27H,1H3,(H,26,28). The quantitative estimate of drug-likeness (QED) is 0.329. The zero-order chi connectivity index (χ0) is 23.5. The predicted molar refractivity (Wildman–Crippen MR) is 128 cm³/mol. The number of rotatable bonds is 7. The molecule has 7 nitrogen and oxygen atoms in total. The molecule has 1 amide bonds. The van der Waals surface area contributed by atoms with E-state index >= 15 is 0 Å². The van der Waals surface area contributed by atoms with Crippen molar-refractivity contribution in [2.45, 2.75) is 4.90 Å². The van der Waals surface area contributed by atoms with Crippen LogP contribution < -0.4 is 20.3 Å². The van der Waals surface area contributed by atoms with Crippen LogP contribution in [0, 0.1) is 0 Å². The Morgan fingerprint density at radius 1 is 0.906 bits per heavy atom. The molecule has 12 heteroatoms. The van der Waals surface area contributed by atoms with Crippen molar-refractivity contribution in [1.29, 1.82) is 0 Å². The van der Waals surface area contributed by atoms with Crippen LogP contribution in [0.4, 0.5) is 11.4 Å². The van der Waals surface area contributed by atoms with E-state index in [4.69, 9.17) is 51.1 Å². The first-order chi connectivity index (χ1) is 15.1. The number of hydrogen-bond donors (Lipinski definition) is 3. The summed E-state index contributed by atoms with van der Waals surface area (Å²) in [4.78, 5) is 12.3. The van der Waals surface area contributed by atoms with Crippen molar-refractivity contribution in [3.63, 3.8) is 0 Å². The van der Waals surface area contributed by atoms with Gasteiger partial charge in [0, 0.05) is 10.6 Å². The number of anilines is 2. The Morgan fingerprint density at radius 2 is 1.56 bits per heavy atom. The van der Waals surface area contributed by atoms with Crippen LogP contribution in [-0.4, -0.2) is 21.4 Å². The first-order valence-electron chi connectivity index (χ1n) is 8.78. The van der Waals surface area contributed by atoms with E-state index in [9.17, 15) is 13.2 Å². The van der Waals surface area contributed by atoms with Crippen LogP contribution in [-0.2, 0) is 10.0 Å². The molecular weight excluding hydrogens is 520 g/mol. The highest BCUT2D eigenvalue weighted by atomic mass is 35.5. The second-order valence-electron chi connectivity index (χ2n) is 6.27. The average Bonchev–Trinajstić information content (AvgIpc) is 2.73. The predicted octanol–water partition coefficient (Wildman–Crippen LogP) is 5.87. The van der Waals surface area contributed by atoms with E-state index < -0.39 is 15.9 Å². The summed E-state index contributed by atoms with van der Waals surface area (Å²) in [6.45, 7) is 0. The average molecular weight is 535 g/mol. The molecule has 168 valence electrons. The van der Waals surface area contributed by atoms with Gasteiger partial charge in [-0.25, -0.2) is 8.42 Å². The topological polar surface area (TPSA) is 96.5 Å². The Morgan fingerprint density at radius 3 is 2.22 bits per heavy atom. The van der Waals surface area contributed by atoms with Crippen LogP contribution in [0.25, 0.3) is 0 Å². The van der Waals surface area contributed by atoms with Crippen LogP contribution >= 0.6 is 46.4 Å². The number of amides is 1. The van der Waals surface area contributed by atoms with Crippen molar-refractivity contribution in [3.05, 3.63) is 80.3 Å². The van der Waals surface area contributed by atoms with E-state index in [1.165, 1.54) is 37.4 Å². The fourth-order valence-corrected chi connectivity index (χ4v) is 5.14. The Bertz CT molecular complexity index is 1260. The fraction of sp³-hybridized carbons (Fsp3) is 0.0500. The molecule has 0 fully saturated rings. The van der Waals surface area contributed by atoms with Crippen molar-refractivity contribution in [1.82, 2.24) is 5.43 Å². The molecule has 3 aromatic carbocycles. The van der Waals surface area contributed by atoms with Crippen molar-refractivity contribution in [2.24, 2.45) is 0 Å². The number of methoxy groups -OCH3 is 1. The molecule has 0 radical (unpaired) electrons. The number of sulfonamides is 1. The summed E-state index contributed by atoms with van der Waals surface area (Å²) >= 11 is 24.1. The Kier molecular flexibility index (Phi) is 7.63. The molecule has 32 heavy (non-hydrogen) atoms. The first kappa shape index (κ1) is 24.3. The van der Waals surface area contributed by atoms with E-state index in [1.54, 1.807) is 18.2 Å². The number of halogens is 4. The normalized spacial score (nSPS) is 11.0. The van der Waals surface area contributed by atoms with Crippen molar-refractivity contribution >= 4 is 73.7 Å². The lowest BCUT2D eigenvalue weighted by Gasteiger charge is -2.14. The summed E-state index contributed by atoms with van der Waals surface area (Å²) in [5.41, 5.74) is 5.46. The van der Waals surface area contributed by atoms with Gasteiger partial charge in [0.2, 0.25) is 0 Å². The molecule has 0 spiro atoms. The van der Waals surface area contributed by atoms with E-state index in [0.717, 1.165) is 6.07 Å². The molecule has 0 aromatic heterocycles. The molecule has 0 aliphatic heterocycles. The SMILES string of the molecule is COc1ccccc1NS(=O)(=O)c1cc(C(=O)NNc2c(Cl)cc(Cl)cc2Cl)ccc1Cl. The minimum atomic E-state index is -4.14. The van der Waals surface area contributed by atoms with Gasteiger partial charge in [-0.05, 0) is 42.5 Å². The molecule has 0 aliphatic carbocycles. The molecule has 0 heterocycles. The maximum atomic E-state index is 12.9. The molecule has 0 unspecified atom stereocenters. The number of benzene rings is 3. The third-order valence-corrected chi connectivity index (χ3v) is 6.80. The smallest absolute Gasteiger partial charge is 0.269 e. The van der Waals surface area contributed by atoms with Gasteiger partial charge in [0.15, 0.2) is 0 Å². The van der Waals surface area contributed by atoms with Gasteiger partial charge in [-0.3, -0.25) is 20.4 Å². The summed E-state index contributed by atoms with van der Waals surface area (Å²) in [5, 5.41) is 0.624. The summed E-state index contributed by atoms with van der Waals surface area (Å²) < 4.78 is 33.4. The molecule has 0 saturated carbocycles. The molecule has 3 aromatic rings. The highest BCUT2D eigenvalue weighted by Crippen LogP contribution is 2.33. The molecule has 3 N–H and O–H groups in total. The van der Waals surface area contributed by atoms with E-state index in [1.807, 2.05) is 0 Å². The monoisotopic (exact) mass is 533 g/mol. The van der Waals surface area contributed by atoms with Crippen LogP contribution in [0.15, 0.2) is 59.5 Å². The van der Waals surface area contributed by atoms with Crippen molar-refractivity contribution in [3.8, 4) is 5.75 Å². The van der Waals surface area contributed by atoms with E-state index in [2.05, 4.69) is 15.6 Å². The van der Waals surface area contributed by atoms with Crippen molar-refractivity contribution < 1.29 is 17.9 Å². The third-order valence-electron chi connectivity index (χ3n) is 4.14.